The third-order valence-corrected chi connectivity index (χ3v) is 4.12. The molecule has 1 fully saturated rings. The molecule has 3 N–H and O–H groups in total. The van der Waals surface area contributed by atoms with E-state index >= 15 is 0 Å². The maximum Gasteiger partial charge on any atom is 0.141 e. The van der Waals surface area contributed by atoms with Crippen molar-refractivity contribution in [2.45, 2.75) is 45.6 Å². The van der Waals surface area contributed by atoms with Crippen molar-refractivity contribution in [3.8, 4) is 0 Å². The third-order valence-electron chi connectivity index (χ3n) is 4.12. The van der Waals surface area contributed by atoms with E-state index in [-0.39, 0.29) is 11.9 Å². The van der Waals surface area contributed by atoms with Gasteiger partial charge in [-0.3, -0.25) is 16.3 Å². The van der Waals surface area contributed by atoms with Gasteiger partial charge >= 0.3 is 0 Å². The number of rotatable bonds is 3. The van der Waals surface area contributed by atoms with Crippen LogP contribution in [0.25, 0.3) is 0 Å². The quantitative estimate of drug-likeness (QED) is 0.641. The molecule has 18 heavy (non-hydrogen) atoms. The summed E-state index contributed by atoms with van der Waals surface area (Å²) in [4.78, 5) is 3.91. The summed E-state index contributed by atoms with van der Waals surface area (Å²) in [7, 11) is 0. The van der Waals surface area contributed by atoms with Crippen LogP contribution in [0.1, 0.15) is 51.1 Å². The molecule has 1 saturated carbocycles. The van der Waals surface area contributed by atoms with Crippen LogP contribution in [0, 0.1) is 17.2 Å². The molecule has 100 valence electrons. The Kier molecular flexibility index (Phi) is 3.97. The van der Waals surface area contributed by atoms with Crippen molar-refractivity contribution >= 4 is 0 Å². The number of pyridine rings is 1. The van der Waals surface area contributed by atoms with E-state index in [1.54, 1.807) is 6.20 Å². The molecule has 1 unspecified atom stereocenters. The third kappa shape index (κ3) is 3.06. The predicted molar refractivity (Wildman–Crippen MR) is 70.0 cm³/mol. The van der Waals surface area contributed by atoms with Crippen molar-refractivity contribution in [2.75, 3.05) is 0 Å². The summed E-state index contributed by atoms with van der Waals surface area (Å²) in [5.41, 5.74) is 4.11. The first kappa shape index (κ1) is 13.4. The summed E-state index contributed by atoms with van der Waals surface area (Å²) in [6.07, 6.45) is 7.56. The lowest BCUT2D eigenvalue weighted by molar-refractivity contribution is 0.161. The highest BCUT2D eigenvalue weighted by Crippen LogP contribution is 2.42. The predicted octanol–water partition coefficient (Wildman–Crippen LogP) is 2.94. The van der Waals surface area contributed by atoms with E-state index in [1.165, 1.54) is 25.1 Å². The summed E-state index contributed by atoms with van der Waals surface area (Å²) in [6.45, 7) is 4.61. The molecule has 2 rings (SSSR count). The van der Waals surface area contributed by atoms with Crippen molar-refractivity contribution in [2.24, 2.45) is 17.2 Å². The number of halogens is 1. The van der Waals surface area contributed by atoms with E-state index in [4.69, 9.17) is 5.84 Å². The van der Waals surface area contributed by atoms with Gasteiger partial charge in [0, 0.05) is 6.20 Å². The van der Waals surface area contributed by atoms with Crippen LogP contribution in [0.2, 0.25) is 0 Å². The lowest BCUT2D eigenvalue weighted by Gasteiger charge is -2.37. The molecule has 1 heterocycles. The van der Waals surface area contributed by atoms with Gasteiger partial charge in [-0.15, -0.1) is 0 Å². The van der Waals surface area contributed by atoms with Gasteiger partial charge in [0.25, 0.3) is 0 Å². The number of nitrogens with zero attached hydrogens (tertiary/aromatic N) is 1. The van der Waals surface area contributed by atoms with Gasteiger partial charge in [-0.25, -0.2) is 4.39 Å². The fraction of sp³-hybridized carbons (Fsp3) is 0.643. The molecule has 1 atom stereocenters. The smallest absolute Gasteiger partial charge is 0.141 e. The summed E-state index contributed by atoms with van der Waals surface area (Å²) in [6, 6.07) is 1.53. The molecule has 1 aliphatic rings. The SMILES string of the molecule is CC1(C)CCC(C(NN)c2cncc(F)c2)CC1. The summed E-state index contributed by atoms with van der Waals surface area (Å²) < 4.78 is 13.2. The Morgan fingerprint density at radius 3 is 2.61 bits per heavy atom. The minimum absolute atomic E-state index is 0.00398. The van der Waals surface area contributed by atoms with Crippen LogP contribution in [0.4, 0.5) is 4.39 Å². The first-order chi connectivity index (χ1) is 8.52. The minimum Gasteiger partial charge on any atom is -0.271 e. The van der Waals surface area contributed by atoms with E-state index in [1.807, 2.05) is 0 Å². The molecule has 4 heteroatoms. The van der Waals surface area contributed by atoms with Crippen LogP contribution < -0.4 is 11.3 Å². The zero-order valence-corrected chi connectivity index (χ0v) is 11.1. The highest BCUT2D eigenvalue weighted by molar-refractivity contribution is 5.16. The van der Waals surface area contributed by atoms with E-state index in [0.29, 0.717) is 11.3 Å². The van der Waals surface area contributed by atoms with Crippen molar-refractivity contribution in [3.63, 3.8) is 0 Å². The maximum atomic E-state index is 13.2. The molecule has 1 aromatic heterocycles. The van der Waals surface area contributed by atoms with Gasteiger partial charge in [0.1, 0.15) is 5.82 Å². The molecule has 3 nitrogen and oxygen atoms in total. The standard InChI is InChI=1S/C14H22FN3/c1-14(2)5-3-10(4-6-14)13(18-16)11-7-12(15)9-17-8-11/h7-10,13,18H,3-6,16H2,1-2H3. The second kappa shape index (κ2) is 5.33. The molecule has 0 aliphatic heterocycles. The Labute approximate surface area is 108 Å². The summed E-state index contributed by atoms with van der Waals surface area (Å²) in [5.74, 6) is 5.82. The molecular formula is C14H22FN3. The average Bonchev–Trinajstić information content (AvgIpc) is 2.32. The van der Waals surface area contributed by atoms with Crippen LogP contribution in [-0.2, 0) is 0 Å². The molecule has 0 saturated heterocycles. The highest BCUT2D eigenvalue weighted by Gasteiger charge is 2.31. The number of nitrogens with one attached hydrogen (secondary N) is 1. The van der Waals surface area contributed by atoms with Crippen molar-refractivity contribution in [3.05, 3.63) is 29.8 Å². The normalized spacial score (nSPS) is 21.8. The van der Waals surface area contributed by atoms with Crippen molar-refractivity contribution in [1.29, 1.82) is 0 Å². The van der Waals surface area contributed by atoms with E-state index in [2.05, 4.69) is 24.3 Å². The zero-order chi connectivity index (χ0) is 13.2. The molecule has 0 radical (unpaired) electrons. The van der Waals surface area contributed by atoms with Crippen LogP contribution >= 0.6 is 0 Å². The monoisotopic (exact) mass is 251 g/mol. The van der Waals surface area contributed by atoms with Crippen LogP contribution in [0.15, 0.2) is 18.5 Å². The Hall–Kier alpha value is -1.00. The largest absolute Gasteiger partial charge is 0.271 e. The summed E-state index contributed by atoms with van der Waals surface area (Å²) in [5, 5.41) is 0. The number of hydrogen-bond donors (Lipinski definition) is 2. The van der Waals surface area contributed by atoms with Gasteiger partial charge in [0.15, 0.2) is 0 Å². The summed E-state index contributed by atoms with van der Waals surface area (Å²) >= 11 is 0. The molecule has 0 aromatic carbocycles. The van der Waals surface area contributed by atoms with Gasteiger partial charge in [0.2, 0.25) is 0 Å². The van der Waals surface area contributed by atoms with E-state index in [9.17, 15) is 4.39 Å². The minimum atomic E-state index is -0.302. The van der Waals surface area contributed by atoms with Gasteiger partial charge in [-0.1, -0.05) is 13.8 Å². The van der Waals surface area contributed by atoms with E-state index < -0.39 is 0 Å². The number of nitrogens with two attached hydrogens (primary N) is 1. The fourth-order valence-electron chi connectivity index (χ4n) is 2.86. The molecular weight excluding hydrogens is 229 g/mol. The second-order valence-electron chi connectivity index (χ2n) is 6.08. The fourth-order valence-corrected chi connectivity index (χ4v) is 2.86. The molecule has 0 bridgehead atoms. The zero-order valence-electron chi connectivity index (χ0n) is 11.1. The van der Waals surface area contributed by atoms with Gasteiger partial charge < -0.3 is 0 Å². The maximum absolute atomic E-state index is 13.2. The highest BCUT2D eigenvalue weighted by atomic mass is 19.1. The number of hydrogen-bond acceptors (Lipinski definition) is 3. The van der Waals surface area contributed by atoms with Gasteiger partial charge in [0.05, 0.1) is 12.2 Å². The number of aromatic nitrogens is 1. The van der Waals surface area contributed by atoms with Crippen molar-refractivity contribution in [1.82, 2.24) is 10.4 Å². The Morgan fingerprint density at radius 2 is 2.06 bits per heavy atom. The first-order valence-corrected chi connectivity index (χ1v) is 6.58. The lowest BCUT2D eigenvalue weighted by atomic mass is 9.70. The topological polar surface area (TPSA) is 50.9 Å². The Morgan fingerprint density at radius 1 is 1.39 bits per heavy atom. The average molecular weight is 251 g/mol. The second-order valence-corrected chi connectivity index (χ2v) is 6.08. The Balaban J connectivity index is 2.10. The number of hydrazine groups is 1. The lowest BCUT2D eigenvalue weighted by Crippen LogP contribution is -2.36. The molecule has 1 aliphatic carbocycles. The molecule has 0 amide bonds. The van der Waals surface area contributed by atoms with Crippen LogP contribution in [-0.4, -0.2) is 4.98 Å². The van der Waals surface area contributed by atoms with Crippen LogP contribution in [0.5, 0.6) is 0 Å². The first-order valence-electron chi connectivity index (χ1n) is 6.58. The van der Waals surface area contributed by atoms with E-state index in [0.717, 1.165) is 18.4 Å². The van der Waals surface area contributed by atoms with Gasteiger partial charge in [-0.05, 0) is 48.6 Å². The molecule has 0 spiro atoms. The molecule has 1 aromatic rings. The van der Waals surface area contributed by atoms with Gasteiger partial charge in [-0.2, -0.15) is 0 Å². The van der Waals surface area contributed by atoms with Crippen LogP contribution in [0.3, 0.4) is 0 Å². The Bertz CT molecular complexity index is 396. The van der Waals surface area contributed by atoms with Crippen molar-refractivity contribution < 1.29 is 4.39 Å².